The van der Waals surface area contributed by atoms with Crippen molar-refractivity contribution in [1.82, 2.24) is 0 Å². The van der Waals surface area contributed by atoms with E-state index >= 15 is 0 Å². The van der Waals surface area contributed by atoms with Crippen LogP contribution in [0.1, 0.15) is 5.56 Å². The second kappa shape index (κ2) is 3.25. The van der Waals surface area contributed by atoms with E-state index in [2.05, 4.69) is 0 Å². The number of rotatable bonds is 2. The Balaban J connectivity index is 3.33. The van der Waals surface area contributed by atoms with Crippen molar-refractivity contribution in [2.75, 3.05) is 6.26 Å². The first-order chi connectivity index (χ1) is 5.55. The van der Waals surface area contributed by atoms with Gasteiger partial charge in [0.2, 0.25) is 0 Å². The van der Waals surface area contributed by atoms with Crippen molar-refractivity contribution in [2.24, 2.45) is 0 Å². The molecular weight excluding hydrogens is 176 g/mol. The zero-order chi connectivity index (χ0) is 9.19. The van der Waals surface area contributed by atoms with E-state index in [1.165, 1.54) is 6.07 Å². The van der Waals surface area contributed by atoms with Gasteiger partial charge >= 0.3 is 0 Å². The molecular formula is C8H10O3S. The third kappa shape index (κ3) is 1.84. The highest BCUT2D eigenvalue weighted by Crippen LogP contribution is 2.14. The van der Waals surface area contributed by atoms with Gasteiger partial charge < -0.3 is 5.11 Å². The zero-order valence-electron chi connectivity index (χ0n) is 6.69. The van der Waals surface area contributed by atoms with Crippen molar-refractivity contribution in [2.45, 2.75) is 11.5 Å². The normalized spacial score (nSPS) is 11.5. The van der Waals surface area contributed by atoms with Gasteiger partial charge in [0.15, 0.2) is 9.84 Å². The minimum atomic E-state index is -3.21. The minimum absolute atomic E-state index is 0.201. The zero-order valence-corrected chi connectivity index (χ0v) is 7.50. The quantitative estimate of drug-likeness (QED) is 0.735. The Morgan fingerprint density at radius 3 is 2.33 bits per heavy atom. The summed E-state index contributed by atoms with van der Waals surface area (Å²) in [6.07, 6.45) is 1.13. The third-order valence-corrected chi connectivity index (χ3v) is 2.74. The summed E-state index contributed by atoms with van der Waals surface area (Å²) in [7, 11) is -3.21. The molecule has 0 atom stereocenters. The van der Waals surface area contributed by atoms with E-state index in [-0.39, 0.29) is 11.5 Å². The molecule has 0 heterocycles. The summed E-state index contributed by atoms with van der Waals surface area (Å²) >= 11 is 0. The van der Waals surface area contributed by atoms with Crippen molar-refractivity contribution < 1.29 is 13.5 Å². The predicted molar refractivity (Wildman–Crippen MR) is 45.5 cm³/mol. The largest absolute Gasteiger partial charge is 0.392 e. The fourth-order valence-corrected chi connectivity index (χ4v) is 1.93. The lowest BCUT2D eigenvalue weighted by Crippen LogP contribution is -2.01. The maximum Gasteiger partial charge on any atom is 0.175 e. The van der Waals surface area contributed by atoms with Gasteiger partial charge in [-0.25, -0.2) is 8.42 Å². The number of aliphatic hydroxyl groups excluding tert-OH is 1. The number of aliphatic hydroxyl groups is 1. The van der Waals surface area contributed by atoms with Gasteiger partial charge in [0, 0.05) is 6.26 Å². The number of benzene rings is 1. The van der Waals surface area contributed by atoms with Gasteiger partial charge in [0.25, 0.3) is 0 Å². The molecule has 0 aromatic heterocycles. The van der Waals surface area contributed by atoms with Gasteiger partial charge in [-0.2, -0.15) is 0 Å². The van der Waals surface area contributed by atoms with Crippen LogP contribution in [0.2, 0.25) is 0 Å². The van der Waals surface area contributed by atoms with Crippen LogP contribution in [0.4, 0.5) is 0 Å². The van der Waals surface area contributed by atoms with Crippen molar-refractivity contribution in [1.29, 1.82) is 0 Å². The van der Waals surface area contributed by atoms with Crippen LogP contribution in [-0.4, -0.2) is 19.8 Å². The van der Waals surface area contributed by atoms with Crippen LogP contribution in [0.15, 0.2) is 29.2 Å². The van der Waals surface area contributed by atoms with Gasteiger partial charge in [0.1, 0.15) is 0 Å². The molecule has 0 aliphatic rings. The van der Waals surface area contributed by atoms with Gasteiger partial charge in [-0.05, 0) is 11.6 Å². The topological polar surface area (TPSA) is 54.4 Å². The van der Waals surface area contributed by atoms with Crippen molar-refractivity contribution in [3.63, 3.8) is 0 Å². The van der Waals surface area contributed by atoms with Gasteiger partial charge in [-0.1, -0.05) is 18.2 Å². The van der Waals surface area contributed by atoms with Crippen LogP contribution < -0.4 is 0 Å². The molecule has 0 bridgehead atoms. The molecule has 0 unspecified atom stereocenters. The monoisotopic (exact) mass is 186 g/mol. The maximum absolute atomic E-state index is 11.1. The molecule has 0 amide bonds. The summed E-state index contributed by atoms with van der Waals surface area (Å²) < 4.78 is 22.2. The summed E-state index contributed by atoms with van der Waals surface area (Å²) in [6.45, 7) is -0.247. The molecule has 0 spiro atoms. The molecule has 12 heavy (non-hydrogen) atoms. The van der Waals surface area contributed by atoms with Gasteiger partial charge in [0.05, 0.1) is 11.5 Å². The van der Waals surface area contributed by atoms with Crippen LogP contribution in [0.3, 0.4) is 0 Å². The standard InChI is InChI=1S/C8H10O3S/c1-12(10,11)8-5-3-2-4-7(8)6-9/h2-5,9H,6H2,1H3. The van der Waals surface area contributed by atoms with Crippen LogP contribution >= 0.6 is 0 Å². The first-order valence-corrected chi connectivity index (χ1v) is 5.33. The van der Waals surface area contributed by atoms with Crippen LogP contribution in [0, 0.1) is 0 Å². The Labute approximate surface area is 71.6 Å². The lowest BCUT2D eigenvalue weighted by atomic mass is 10.2. The fraction of sp³-hybridized carbons (Fsp3) is 0.250. The predicted octanol–water partition coefficient (Wildman–Crippen LogP) is 0.582. The molecule has 0 saturated carbocycles. The highest BCUT2D eigenvalue weighted by atomic mass is 32.2. The third-order valence-electron chi connectivity index (χ3n) is 1.54. The molecule has 1 aromatic rings. The minimum Gasteiger partial charge on any atom is -0.392 e. The van der Waals surface area contributed by atoms with Crippen molar-refractivity contribution in [3.8, 4) is 0 Å². The molecule has 0 saturated heterocycles. The summed E-state index contributed by atoms with van der Waals surface area (Å²) in [5.74, 6) is 0. The van der Waals surface area contributed by atoms with Gasteiger partial charge in [-0.3, -0.25) is 0 Å². The molecule has 1 aromatic carbocycles. The Kier molecular flexibility index (Phi) is 2.49. The molecule has 0 aliphatic carbocycles. The molecule has 0 fully saturated rings. The highest BCUT2D eigenvalue weighted by Gasteiger charge is 2.10. The van der Waals surface area contributed by atoms with E-state index in [1.807, 2.05) is 0 Å². The Bertz CT molecular complexity index is 368. The smallest absolute Gasteiger partial charge is 0.175 e. The summed E-state index contributed by atoms with van der Waals surface area (Å²) in [4.78, 5) is 0.201. The highest BCUT2D eigenvalue weighted by molar-refractivity contribution is 7.90. The molecule has 0 radical (unpaired) electrons. The average Bonchev–Trinajstić information content (AvgIpc) is 2.03. The lowest BCUT2D eigenvalue weighted by Gasteiger charge is -2.03. The second-order valence-corrected chi connectivity index (χ2v) is 4.52. The van der Waals surface area contributed by atoms with Crippen LogP contribution in [-0.2, 0) is 16.4 Å². The van der Waals surface area contributed by atoms with Crippen LogP contribution in [0.5, 0.6) is 0 Å². The summed E-state index contributed by atoms with van der Waals surface area (Å²) in [5.41, 5.74) is 0.444. The van der Waals surface area contributed by atoms with Crippen molar-refractivity contribution >= 4 is 9.84 Å². The lowest BCUT2D eigenvalue weighted by molar-refractivity contribution is 0.278. The number of hydrogen-bond donors (Lipinski definition) is 1. The Morgan fingerprint density at radius 2 is 1.92 bits per heavy atom. The number of sulfone groups is 1. The second-order valence-electron chi connectivity index (χ2n) is 2.54. The first kappa shape index (κ1) is 9.22. The average molecular weight is 186 g/mol. The fourth-order valence-electron chi connectivity index (χ4n) is 0.996. The van der Waals surface area contributed by atoms with Crippen LogP contribution in [0.25, 0.3) is 0 Å². The molecule has 3 nitrogen and oxygen atoms in total. The van der Waals surface area contributed by atoms with E-state index in [0.29, 0.717) is 5.56 Å². The SMILES string of the molecule is CS(=O)(=O)c1ccccc1CO. The first-order valence-electron chi connectivity index (χ1n) is 3.44. The van der Waals surface area contributed by atoms with Gasteiger partial charge in [-0.15, -0.1) is 0 Å². The summed E-state index contributed by atoms with van der Waals surface area (Å²) in [5, 5.41) is 8.82. The van der Waals surface area contributed by atoms with E-state index in [1.54, 1.807) is 18.2 Å². The number of hydrogen-bond acceptors (Lipinski definition) is 3. The van der Waals surface area contributed by atoms with E-state index in [4.69, 9.17) is 5.11 Å². The Morgan fingerprint density at radius 1 is 1.33 bits per heavy atom. The van der Waals surface area contributed by atoms with E-state index in [0.717, 1.165) is 6.26 Å². The van der Waals surface area contributed by atoms with E-state index in [9.17, 15) is 8.42 Å². The van der Waals surface area contributed by atoms with E-state index < -0.39 is 9.84 Å². The maximum atomic E-state index is 11.1. The molecule has 1 rings (SSSR count). The Hall–Kier alpha value is -0.870. The molecule has 66 valence electrons. The molecule has 4 heteroatoms. The summed E-state index contributed by atoms with van der Waals surface area (Å²) in [6, 6.07) is 6.41. The molecule has 0 aliphatic heterocycles. The van der Waals surface area contributed by atoms with Crippen molar-refractivity contribution in [3.05, 3.63) is 29.8 Å². The molecule has 1 N–H and O–H groups in total.